The highest BCUT2D eigenvalue weighted by Crippen LogP contribution is 2.43. The summed E-state index contributed by atoms with van der Waals surface area (Å²) in [6, 6.07) is 17.0. The van der Waals surface area contributed by atoms with Gasteiger partial charge in [0.2, 0.25) is 0 Å². The van der Waals surface area contributed by atoms with E-state index in [0.29, 0.717) is 17.4 Å². The van der Waals surface area contributed by atoms with E-state index in [9.17, 15) is 9.18 Å². The molecule has 31 heavy (non-hydrogen) atoms. The number of fused-ring (bicyclic) bond motifs is 1. The molecule has 0 unspecified atom stereocenters. The maximum Gasteiger partial charge on any atom is 0.254 e. The van der Waals surface area contributed by atoms with E-state index in [1.54, 1.807) is 23.5 Å². The number of carbonyl (C=O) groups is 1. The van der Waals surface area contributed by atoms with Crippen molar-refractivity contribution in [3.8, 4) is 0 Å². The summed E-state index contributed by atoms with van der Waals surface area (Å²) in [4.78, 5) is 17.9. The molecule has 3 atom stereocenters. The fourth-order valence-electron chi connectivity index (χ4n) is 5.31. The number of thiophene rings is 1. The molecule has 5 heteroatoms. The monoisotopic (exact) mass is 434 g/mol. The number of hydrogen-bond donors (Lipinski definition) is 0. The van der Waals surface area contributed by atoms with Crippen molar-refractivity contribution in [1.82, 2.24) is 9.80 Å². The summed E-state index contributed by atoms with van der Waals surface area (Å²) in [6.45, 7) is 5.85. The second kappa shape index (κ2) is 8.56. The molecule has 2 fully saturated rings. The highest BCUT2D eigenvalue weighted by Gasteiger charge is 2.47. The van der Waals surface area contributed by atoms with Gasteiger partial charge in [0.05, 0.1) is 0 Å². The molecule has 3 nitrogen and oxygen atoms in total. The van der Waals surface area contributed by atoms with E-state index in [2.05, 4.69) is 57.8 Å². The molecule has 0 saturated carbocycles. The first-order valence-corrected chi connectivity index (χ1v) is 11.9. The van der Waals surface area contributed by atoms with Gasteiger partial charge in [-0.25, -0.2) is 4.39 Å². The maximum absolute atomic E-state index is 13.4. The summed E-state index contributed by atoms with van der Waals surface area (Å²) in [7, 11) is 0. The van der Waals surface area contributed by atoms with Crippen LogP contribution in [0, 0.1) is 18.7 Å². The first kappa shape index (κ1) is 20.4. The van der Waals surface area contributed by atoms with Gasteiger partial charge >= 0.3 is 0 Å². The number of benzene rings is 2. The number of hydrogen-bond acceptors (Lipinski definition) is 3. The standard InChI is InChI=1S/C26H27FN2OS/c1-18-4-2-3-5-20(18)14-28-12-10-25-24(15-28)23(21-11-13-31-17-21)16-29(25)26(30)19-6-8-22(27)9-7-19/h2-9,11,13,17,23-25H,10,12,14-16H2,1H3/t23-,24-,25-/m0/s1. The second-order valence-electron chi connectivity index (χ2n) is 8.81. The highest BCUT2D eigenvalue weighted by atomic mass is 32.1. The van der Waals surface area contributed by atoms with Crippen LogP contribution in [-0.2, 0) is 6.54 Å². The number of amides is 1. The van der Waals surface area contributed by atoms with Gasteiger partial charge in [-0.2, -0.15) is 11.3 Å². The molecule has 0 spiro atoms. The Morgan fingerprint density at radius 3 is 2.65 bits per heavy atom. The Labute approximate surface area is 187 Å². The van der Waals surface area contributed by atoms with Gasteiger partial charge in [-0.3, -0.25) is 9.69 Å². The Bertz CT molecular complexity index is 1050. The molecule has 2 aliphatic heterocycles. The average molecular weight is 435 g/mol. The number of carbonyl (C=O) groups excluding carboxylic acids is 1. The van der Waals surface area contributed by atoms with Crippen molar-refractivity contribution in [2.45, 2.75) is 31.8 Å². The zero-order valence-corrected chi connectivity index (χ0v) is 18.5. The summed E-state index contributed by atoms with van der Waals surface area (Å²) in [5.74, 6) is 0.480. The van der Waals surface area contributed by atoms with Gasteiger partial charge < -0.3 is 4.90 Å². The second-order valence-corrected chi connectivity index (χ2v) is 9.59. The van der Waals surface area contributed by atoms with Crippen LogP contribution in [0.2, 0.25) is 0 Å². The van der Waals surface area contributed by atoms with Crippen LogP contribution in [-0.4, -0.2) is 41.4 Å². The van der Waals surface area contributed by atoms with Crippen LogP contribution < -0.4 is 0 Å². The fraction of sp³-hybridized carbons (Fsp3) is 0.346. The Morgan fingerprint density at radius 2 is 1.90 bits per heavy atom. The van der Waals surface area contributed by atoms with E-state index in [1.807, 2.05) is 0 Å². The van der Waals surface area contributed by atoms with Crippen molar-refractivity contribution in [3.63, 3.8) is 0 Å². The number of nitrogens with zero attached hydrogens (tertiary/aromatic N) is 2. The Morgan fingerprint density at radius 1 is 1.10 bits per heavy atom. The zero-order chi connectivity index (χ0) is 21.4. The molecule has 0 radical (unpaired) electrons. The summed E-state index contributed by atoms with van der Waals surface area (Å²) in [5, 5.41) is 4.36. The molecule has 160 valence electrons. The number of likely N-dealkylation sites (tertiary alicyclic amines) is 2. The van der Waals surface area contributed by atoms with E-state index in [4.69, 9.17) is 0 Å². The predicted octanol–water partition coefficient (Wildman–Crippen LogP) is 5.33. The van der Waals surface area contributed by atoms with Crippen molar-refractivity contribution in [3.05, 3.63) is 93.4 Å². The van der Waals surface area contributed by atoms with Crippen molar-refractivity contribution in [2.75, 3.05) is 19.6 Å². The lowest BCUT2D eigenvalue weighted by Crippen LogP contribution is -2.47. The van der Waals surface area contributed by atoms with Gasteiger partial charge in [0.25, 0.3) is 5.91 Å². The van der Waals surface area contributed by atoms with Gasteiger partial charge in [-0.1, -0.05) is 24.3 Å². The molecule has 1 amide bonds. The van der Waals surface area contributed by atoms with Crippen LogP contribution in [0.4, 0.5) is 4.39 Å². The molecule has 5 rings (SSSR count). The largest absolute Gasteiger partial charge is 0.335 e. The molecule has 0 aliphatic carbocycles. The van der Waals surface area contributed by atoms with Gasteiger partial charge in [-0.05, 0) is 71.1 Å². The third-order valence-corrected chi connectivity index (χ3v) is 7.69. The topological polar surface area (TPSA) is 23.6 Å². The van der Waals surface area contributed by atoms with Crippen LogP contribution in [0.25, 0.3) is 0 Å². The molecule has 2 aliphatic rings. The van der Waals surface area contributed by atoms with Crippen LogP contribution in [0.3, 0.4) is 0 Å². The Kier molecular flexibility index (Phi) is 5.63. The SMILES string of the molecule is Cc1ccccc1CN1CC[C@H]2[C@@H](C1)[C@H](c1ccsc1)CN2C(=O)c1ccc(F)cc1. The molecular weight excluding hydrogens is 407 g/mol. The molecule has 1 aromatic heterocycles. The Balaban J connectivity index is 1.39. The number of piperidine rings is 1. The van der Waals surface area contributed by atoms with E-state index >= 15 is 0 Å². The maximum atomic E-state index is 13.4. The molecule has 2 aromatic carbocycles. The summed E-state index contributed by atoms with van der Waals surface area (Å²) in [5.41, 5.74) is 4.63. The van der Waals surface area contributed by atoms with Crippen LogP contribution >= 0.6 is 11.3 Å². The smallest absolute Gasteiger partial charge is 0.254 e. The number of rotatable bonds is 4. The molecule has 2 saturated heterocycles. The molecule has 3 aromatic rings. The fourth-order valence-corrected chi connectivity index (χ4v) is 6.03. The van der Waals surface area contributed by atoms with Crippen LogP contribution in [0.15, 0.2) is 65.4 Å². The van der Waals surface area contributed by atoms with Crippen LogP contribution in [0.5, 0.6) is 0 Å². The lowest BCUT2D eigenvalue weighted by Gasteiger charge is -2.39. The van der Waals surface area contributed by atoms with E-state index in [1.165, 1.54) is 28.8 Å². The highest BCUT2D eigenvalue weighted by molar-refractivity contribution is 7.08. The van der Waals surface area contributed by atoms with Crippen molar-refractivity contribution >= 4 is 17.2 Å². The van der Waals surface area contributed by atoms with Gasteiger partial charge in [-0.15, -0.1) is 0 Å². The van der Waals surface area contributed by atoms with Crippen molar-refractivity contribution < 1.29 is 9.18 Å². The molecular formula is C26H27FN2OS. The van der Waals surface area contributed by atoms with Crippen LogP contribution in [0.1, 0.15) is 39.4 Å². The van der Waals surface area contributed by atoms with Gasteiger partial charge in [0, 0.05) is 49.6 Å². The minimum absolute atomic E-state index is 0.0279. The molecule has 0 N–H and O–H groups in total. The third kappa shape index (κ3) is 4.04. The van der Waals surface area contributed by atoms with Gasteiger partial charge in [0.1, 0.15) is 5.82 Å². The van der Waals surface area contributed by atoms with E-state index < -0.39 is 0 Å². The minimum atomic E-state index is -0.309. The third-order valence-electron chi connectivity index (χ3n) is 6.99. The van der Waals surface area contributed by atoms with Crippen molar-refractivity contribution in [2.24, 2.45) is 5.92 Å². The summed E-state index contributed by atoms with van der Waals surface area (Å²) in [6.07, 6.45) is 0.976. The quantitative estimate of drug-likeness (QED) is 0.554. The lowest BCUT2D eigenvalue weighted by molar-refractivity contribution is 0.0614. The summed E-state index contributed by atoms with van der Waals surface area (Å²) < 4.78 is 13.4. The normalized spacial score (nSPS) is 23.7. The predicted molar refractivity (Wildman–Crippen MR) is 123 cm³/mol. The first-order chi connectivity index (χ1) is 15.1. The molecule has 0 bridgehead atoms. The Hall–Kier alpha value is -2.50. The zero-order valence-electron chi connectivity index (χ0n) is 17.7. The summed E-state index contributed by atoms with van der Waals surface area (Å²) >= 11 is 1.72. The number of halogens is 1. The van der Waals surface area contributed by atoms with E-state index in [0.717, 1.165) is 32.6 Å². The first-order valence-electron chi connectivity index (χ1n) is 11.0. The number of aryl methyl sites for hydroxylation is 1. The van der Waals surface area contributed by atoms with Crippen molar-refractivity contribution in [1.29, 1.82) is 0 Å². The average Bonchev–Trinajstić information content (AvgIpc) is 3.43. The lowest BCUT2D eigenvalue weighted by atomic mass is 9.82. The minimum Gasteiger partial charge on any atom is -0.335 e. The van der Waals surface area contributed by atoms with E-state index in [-0.39, 0.29) is 17.8 Å². The van der Waals surface area contributed by atoms with Gasteiger partial charge in [0.15, 0.2) is 0 Å². The molecule has 3 heterocycles.